The number of imidazole rings is 1. The van der Waals surface area contributed by atoms with Gasteiger partial charge < -0.3 is 20.2 Å². The van der Waals surface area contributed by atoms with Crippen LogP contribution in [0.5, 0.6) is 5.75 Å². The topological polar surface area (TPSA) is 103 Å². The zero-order chi connectivity index (χ0) is 24.8. The van der Waals surface area contributed by atoms with E-state index < -0.39 is 6.04 Å². The number of likely N-dealkylation sites (tertiary alicyclic amines) is 2. The minimum Gasteiger partial charge on any atom is -0.506 e. The summed E-state index contributed by atoms with van der Waals surface area (Å²) in [6.07, 6.45) is 4.08. The SMILES string of the molecule is Cc1cn2nc(NC3CCN(C(=O)C4CCCN4C(=O)c4ccc5ccccc5c4O)C3)ccc2n1. The molecular weight excluding hydrogens is 456 g/mol. The summed E-state index contributed by atoms with van der Waals surface area (Å²) < 4.78 is 1.75. The van der Waals surface area contributed by atoms with Crippen molar-refractivity contribution in [3.63, 3.8) is 0 Å². The second kappa shape index (κ2) is 8.82. The molecule has 2 saturated heterocycles. The van der Waals surface area contributed by atoms with Crippen LogP contribution in [-0.2, 0) is 4.79 Å². The molecule has 9 nitrogen and oxygen atoms in total. The summed E-state index contributed by atoms with van der Waals surface area (Å²) in [5, 5.41) is 20.3. The Bertz CT molecular complexity index is 1480. The van der Waals surface area contributed by atoms with Gasteiger partial charge in [0.15, 0.2) is 5.65 Å². The zero-order valence-electron chi connectivity index (χ0n) is 20.1. The van der Waals surface area contributed by atoms with Gasteiger partial charge >= 0.3 is 0 Å². The molecule has 36 heavy (non-hydrogen) atoms. The van der Waals surface area contributed by atoms with Gasteiger partial charge in [-0.05, 0) is 49.8 Å². The van der Waals surface area contributed by atoms with Crippen LogP contribution < -0.4 is 5.32 Å². The van der Waals surface area contributed by atoms with Crippen molar-refractivity contribution in [1.82, 2.24) is 24.4 Å². The monoisotopic (exact) mass is 484 g/mol. The Balaban J connectivity index is 1.15. The number of aromatic hydroxyl groups is 1. The molecule has 2 unspecified atom stereocenters. The molecule has 2 amide bonds. The molecule has 0 spiro atoms. The number of anilines is 1. The second-order valence-corrected chi connectivity index (χ2v) is 9.66. The molecule has 184 valence electrons. The van der Waals surface area contributed by atoms with Crippen molar-refractivity contribution in [2.75, 3.05) is 25.0 Å². The molecule has 0 aliphatic carbocycles. The van der Waals surface area contributed by atoms with Crippen LogP contribution >= 0.6 is 0 Å². The van der Waals surface area contributed by atoms with Gasteiger partial charge in [0, 0.05) is 31.1 Å². The van der Waals surface area contributed by atoms with Crippen LogP contribution in [0.1, 0.15) is 35.3 Å². The number of nitrogens with zero attached hydrogens (tertiary/aromatic N) is 5. The number of fused-ring (bicyclic) bond motifs is 2. The predicted molar refractivity (Wildman–Crippen MR) is 136 cm³/mol. The highest BCUT2D eigenvalue weighted by Gasteiger charge is 2.39. The van der Waals surface area contributed by atoms with Gasteiger partial charge in [-0.2, -0.15) is 0 Å². The Morgan fingerprint density at radius 2 is 1.92 bits per heavy atom. The van der Waals surface area contributed by atoms with E-state index in [1.165, 1.54) is 0 Å². The first kappa shape index (κ1) is 22.3. The molecule has 0 saturated carbocycles. The largest absolute Gasteiger partial charge is 0.506 e. The molecule has 2 N–H and O–H groups in total. The number of nitrogens with one attached hydrogen (secondary N) is 1. The predicted octanol–water partition coefficient (Wildman–Crippen LogP) is 3.21. The van der Waals surface area contributed by atoms with Gasteiger partial charge in [0.05, 0.1) is 17.5 Å². The smallest absolute Gasteiger partial charge is 0.258 e. The molecule has 2 aromatic heterocycles. The number of aromatic nitrogens is 3. The maximum atomic E-state index is 13.5. The lowest BCUT2D eigenvalue weighted by Crippen LogP contribution is -2.47. The lowest BCUT2D eigenvalue weighted by molar-refractivity contribution is -0.134. The second-order valence-electron chi connectivity index (χ2n) is 9.66. The molecule has 2 aliphatic heterocycles. The van der Waals surface area contributed by atoms with Gasteiger partial charge in [0.25, 0.3) is 5.91 Å². The zero-order valence-corrected chi connectivity index (χ0v) is 20.1. The number of phenols is 1. The Morgan fingerprint density at radius 1 is 1.06 bits per heavy atom. The molecule has 2 atom stereocenters. The van der Waals surface area contributed by atoms with Crippen molar-refractivity contribution in [1.29, 1.82) is 0 Å². The van der Waals surface area contributed by atoms with Crippen LogP contribution in [-0.4, -0.2) is 73.0 Å². The Kier molecular flexibility index (Phi) is 5.47. The Morgan fingerprint density at radius 3 is 2.81 bits per heavy atom. The lowest BCUT2D eigenvalue weighted by Gasteiger charge is -2.28. The number of hydrogen-bond donors (Lipinski definition) is 2. The molecule has 9 heteroatoms. The van der Waals surface area contributed by atoms with E-state index in [0.717, 1.165) is 35.4 Å². The van der Waals surface area contributed by atoms with E-state index in [-0.39, 0.29) is 29.2 Å². The Labute approximate surface area is 208 Å². The lowest BCUT2D eigenvalue weighted by atomic mass is 10.0. The van der Waals surface area contributed by atoms with E-state index in [0.29, 0.717) is 31.4 Å². The van der Waals surface area contributed by atoms with Crippen LogP contribution in [0.15, 0.2) is 54.7 Å². The number of carbonyl (C=O) groups excluding carboxylic acids is 2. The van der Waals surface area contributed by atoms with Gasteiger partial charge in [-0.3, -0.25) is 9.59 Å². The highest BCUT2D eigenvalue weighted by atomic mass is 16.3. The first-order valence-electron chi connectivity index (χ1n) is 12.4. The number of benzene rings is 2. The van der Waals surface area contributed by atoms with Crippen LogP contribution in [0.25, 0.3) is 16.4 Å². The van der Waals surface area contributed by atoms with Crippen LogP contribution in [0.3, 0.4) is 0 Å². The van der Waals surface area contributed by atoms with Crippen molar-refractivity contribution < 1.29 is 14.7 Å². The summed E-state index contributed by atoms with van der Waals surface area (Å²) in [7, 11) is 0. The number of aryl methyl sites for hydroxylation is 1. The fraction of sp³-hybridized carbons (Fsp3) is 0.333. The summed E-state index contributed by atoms with van der Waals surface area (Å²) in [4.78, 5) is 34.8. The Hall–Kier alpha value is -4.14. The third-order valence-corrected chi connectivity index (χ3v) is 7.22. The summed E-state index contributed by atoms with van der Waals surface area (Å²) >= 11 is 0. The number of phenolic OH excluding ortho intramolecular Hbond substituents is 1. The molecule has 6 rings (SSSR count). The number of carbonyl (C=O) groups is 2. The molecule has 2 aliphatic rings. The normalized spacial score (nSPS) is 19.9. The first-order chi connectivity index (χ1) is 17.5. The average molecular weight is 485 g/mol. The van der Waals surface area contributed by atoms with Crippen LogP contribution in [0, 0.1) is 6.92 Å². The minimum atomic E-state index is -0.509. The van der Waals surface area contributed by atoms with Gasteiger partial charge in [0.2, 0.25) is 5.91 Å². The summed E-state index contributed by atoms with van der Waals surface area (Å²) in [5.74, 6) is 0.387. The summed E-state index contributed by atoms with van der Waals surface area (Å²) in [6, 6.07) is 14.3. The maximum Gasteiger partial charge on any atom is 0.258 e. The van der Waals surface area contributed by atoms with Crippen LogP contribution in [0.2, 0.25) is 0 Å². The van der Waals surface area contributed by atoms with E-state index >= 15 is 0 Å². The van der Waals surface area contributed by atoms with Gasteiger partial charge in [-0.15, -0.1) is 5.10 Å². The van der Waals surface area contributed by atoms with Crippen molar-refractivity contribution in [2.24, 2.45) is 0 Å². The molecule has 2 fully saturated rings. The summed E-state index contributed by atoms with van der Waals surface area (Å²) in [5.41, 5.74) is 1.94. The van der Waals surface area contributed by atoms with Crippen molar-refractivity contribution in [3.8, 4) is 5.75 Å². The third-order valence-electron chi connectivity index (χ3n) is 7.22. The van der Waals surface area contributed by atoms with E-state index in [1.54, 1.807) is 21.5 Å². The maximum absolute atomic E-state index is 13.5. The highest BCUT2D eigenvalue weighted by Crippen LogP contribution is 2.32. The van der Waals surface area contributed by atoms with Crippen molar-refractivity contribution >= 4 is 34.1 Å². The molecule has 4 heterocycles. The summed E-state index contributed by atoms with van der Waals surface area (Å²) in [6.45, 7) is 3.62. The minimum absolute atomic E-state index is 0.0285. The van der Waals surface area contributed by atoms with Gasteiger partial charge in [-0.25, -0.2) is 9.50 Å². The number of hydrogen-bond acceptors (Lipinski definition) is 6. The molecular formula is C27H28N6O3. The quantitative estimate of drug-likeness (QED) is 0.461. The highest BCUT2D eigenvalue weighted by molar-refractivity contribution is 6.05. The van der Waals surface area contributed by atoms with E-state index in [2.05, 4.69) is 15.4 Å². The van der Waals surface area contributed by atoms with Crippen LogP contribution in [0.4, 0.5) is 5.82 Å². The van der Waals surface area contributed by atoms with Crippen molar-refractivity contribution in [2.45, 2.75) is 38.3 Å². The first-order valence-corrected chi connectivity index (χ1v) is 12.4. The van der Waals surface area contributed by atoms with E-state index in [1.807, 2.05) is 54.4 Å². The van der Waals surface area contributed by atoms with Crippen molar-refractivity contribution in [3.05, 3.63) is 66.0 Å². The fourth-order valence-electron chi connectivity index (χ4n) is 5.42. The fourth-order valence-corrected chi connectivity index (χ4v) is 5.42. The molecule has 4 aromatic rings. The standard InChI is InChI=1S/C27H28N6O3/c1-17-15-33-24(28-17)11-10-23(30-33)29-19-12-14-31(16-19)27(36)22-7-4-13-32(22)26(35)21-9-8-18-5-2-3-6-20(18)25(21)34/h2-3,5-6,8-11,15,19,22,34H,4,7,12-14,16H2,1H3,(H,29,30). The van der Waals surface area contributed by atoms with E-state index in [9.17, 15) is 14.7 Å². The molecule has 2 aromatic carbocycles. The van der Waals surface area contributed by atoms with E-state index in [4.69, 9.17) is 0 Å². The molecule has 0 bridgehead atoms. The third kappa shape index (κ3) is 3.90. The molecule has 0 radical (unpaired) electrons. The van der Waals surface area contributed by atoms with Gasteiger partial charge in [-0.1, -0.05) is 30.3 Å². The average Bonchev–Trinajstić information content (AvgIpc) is 3.63. The number of rotatable bonds is 4. The van der Waals surface area contributed by atoms with Gasteiger partial charge in [0.1, 0.15) is 17.6 Å². The number of amides is 2.